The van der Waals surface area contributed by atoms with Crippen LogP contribution >= 0.6 is 0 Å². The SMILES string of the molecule is O=C([O-])COCC(=O)N1CCN(c2ccccc2F)CC1. The number of carboxylic acids is 1. The van der Waals surface area contributed by atoms with Crippen LogP contribution in [0.1, 0.15) is 0 Å². The zero-order valence-corrected chi connectivity index (χ0v) is 11.5. The molecule has 6 nitrogen and oxygen atoms in total. The number of hydrogen-bond donors (Lipinski definition) is 0. The van der Waals surface area contributed by atoms with Crippen molar-refractivity contribution in [2.45, 2.75) is 0 Å². The number of ether oxygens (including phenoxy) is 1. The average molecular weight is 295 g/mol. The zero-order valence-electron chi connectivity index (χ0n) is 11.5. The summed E-state index contributed by atoms with van der Waals surface area (Å²) in [5.41, 5.74) is 0.526. The molecule has 0 bridgehead atoms. The van der Waals surface area contributed by atoms with E-state index in [1.165, 1.54) is 6.07 Å². The molecule has 114 valence electrons. The number of halogens is 1. The van der Waals surface area contributed by atoms with E-state index in [1.54, 1.807) is 23.1 Å². The Morgan fingerprint density at radius 2 is 1.81 bits per heavy atom. The number of carbonyl (C=O) groups is 2. The topological polar surface area (TPSA) is 72.9 Å². The molecule has 1 saturated heterocycles. The van der Waals surface area contributed by atoms with Crippen molar-refractivity contribution >= 4 is 17.6 Å². The number of carboxylic acid groups (broad SMARTS) is 1. The predicted molar refractivity (Wildman–Crippen MR) is 71.0 cm³/mol. The van der Waals surface area contributed by atoms with E-state index in [9.17, 15) is 19.1 Å². The van der Waals surface area contributed by atoms with Gasteiger partial charge in [0.15, 0.2) is 0 Å². The standard InChI is InChI=1S/C14H17FN2O4/c15-11-3-1-2-4-12(11)16-5-7-17(8-6-16)13(18)9-21-10-14(19)20/h1-4H,5-10H2,(H,19,20)/p-1. The van der Waals surface area contributed by atoms with Gasteiger partial charge in [-0.1, -0.05) is 12.1 Å². The Kier molecular flexibility index (Phi) is 5.10. The molecular formula is C14H16FN2O4-. The van der Waals surface area contributed by atoms with Gasteiger partial charge >= 0.3 is 0 Å². The number of piperazine rings is 1. The van der Waals surface area contributed by atoms with Gasteiger partial charge in [-0.15, -0.1) is 0 Å². The maximum atomic E-state index is 13.7. The number of rotatable bonds is 5. The van der Waals surface area contributed by atoms with E-state index in [0.29, 0.717) is 31.9 Å². The predicted octanol–water partition coefficient (Wildman–Crippen LogP) is -0.759. The van der Waals surface area contributed by atoms with E-state index < -0.39 is 12.6 Å². The zero-order chi connectivity index (χ0) is 15.2. The normalized spacial score (nSPS) is 15.1. The summed E-state index contributed by atoms with van der Waals surface area (Å²) >= 11 is 0. The lowest BCUT2D eigenvalue weighted by molar-refractivity contribution is -0.309. The largest absolute Gasteiger partial charge is 0.548 e. The van der Waals surface area contributed by atoms with Crippen molar-refractivity contribution in [2.75, 3.05) is 44.3 Å². The molecule has 0 N–H and O–H groups in total. The number of benzene rings is 1. The second kappa shape index (κ2) is 7.03. The Balaban J connectivity index is 1.82. The number of nitrogens with zero attached hydrogens (tertiary/aromatic N) is 2. The lowest BCUT2D eigenvalue weighted by Gasteiger charge is -2.36. The summed E-state index contributed by atoms with van der Waals surface area (Å²) in [5, 5.41) is 10.2. The average Bonchev–Trinajstić information content (AvgIpc) is 2.47. The third-order valence-electron chi connectivity index (χ3n) is 3.27. The highest BCUT2D eigenvalue weighted by atomic mass is 19.1. The van der Waals surface area contributed by atoms with E-state index in [4.69, 9.17) is 4.74 Å². The molecule has 1 fully saturated rings. The molecule has 1 aromatic carbocycles. The minimum absolute atomic E-state index is 0.274. The number of aliphatic carboxylic acids is 1. The first-order chi connectivity index (χ1) is 10.1. The van der Waals surface area contributed by atoms with Gasteiger partial charge in [0.1, 0.15) is 12.4 Å². The number of anilines is 1. The summed E-state index contributed by atoms with van der Waals surface area (Å²) in [7, 11) is 0. The van der Waals surface area contributed by atoms with Crippen LogP contribution in [-0.2, 0) is 14.3 Å². The van der Waals surface area contributed by atoms with Gasteiger partial charge in [0.2, 0.25) is 5.91 Å². The molecule has 0 spiro atoms. The first kappa shape index (κ1) is 15.2. The fourth-order valence-electron chi connectivity index (χ4n) is 2.22. The second-order valence-corrected chi connectivity index (χ2v) is 4.68. The van der Waals surface area contributed by atoms with E-state index in [2.05, 4.69) is 0 Å². The first-order valence-corrected chi connectivity index (χ1v) is 6.63. The summed E-state index contributed by atoms with van der Waals surface area (Å²) in [5.74, 6) is -1.91. The highest BCUT2D eigenvalue weighted by Crippen LogP contribution is 2.20. The van der Waals surface area contributed by atoms with E-state index in [-0.39, 0.29) is 18.3 Å². The highest BCUT2D eigenvalue weighted by Gasteiger charge is 2.22. The molecule has 2 rings (SSSR count). The Morgan fingerprint density at radius 3 is 2.43 bits per heavy atom. The number of carbonyl (C=O) groups excluding carboxylic acids is 2. The van der Waals surface area contributed by atoms with Crippen molar-refractivity contribution in [1.82, 2.24) is 4.90 Å². The summed E-state index contributed by atoms with van der Waals surface area (Å²) in [4.78, 5) is 25.4. The van der Waals surface area contributed by atoms with Gasteiger partial charge in [0.05, 0.1) is 18.3 Å². The Bertz CT molecular complexity index is 515. The molecule has 0 saturated carbocycles. The second-order valence-electron chi connectivity index (χ2n) is 4.68. The van der Waals surface area contributed by atoms with Crippen LogP contribution in [0.3, 0.4) is 0 Å². The third-order valence-corrected chi connectivity index (χ3v) is 3.27. The van der Waals surface area contributed by atoms with Gasteiger partial charge < -0.3 is 24.4 Å². The molecule has 0 unspecified atom stereocenters. The van der Waals surface area contributed by atoms with Crippen LogP contribution in [0.25, 0.3) is 0 Å². The van der Waals surface area contributed by atoms with Crippen molar-refractivity contribution in [3.8, 4) is 0 Å². The van der Waals surface area contributed by atoms with E-state index in [0.717, 1.165) is 0 Å². The molecule has 0 radical (unpaired) electrons. The molecule has 0 aliphatic carbocycles. The molecule has 21 heavy (non-hydrogen) atoms. The molecule has 1 heterocycles. The Hall–Kier alpha value is -2.15. The minimum atomic E-state index is -1.35. The van der Waals surface area contributed by atoms with Gasteiger partial charge in [-0.25, -0.2) is 4.39 Å². The number of para-hydroxylation sites is 1. The summed E-state index contributed by atoms with van der Waals surface area (Å²) in [6.07, 6.45) is 0. The molecule has 1 amide bonds. The van der Waals surface area contributed by atoms with Crippen molar-refractivity contribution in [3.05, 3.63) is 30.1 Å². The van der Waals surface area contributed by atoms with Crippen molar-refractivity contribution in [3.63, 3.8) is 0 Å². The molecule has 1 aromatic rings. The molecule has 1 aliphatic heterocycles. The molecule has 7 heteroatoms. The maximum Gasteiger partial charge on any atom is 0.248 e. The monoisotopic (exact) mass is 295 g/mol. The van der Waals surface area contributed by atoms with Crippen molar-refractivity contribution in [1.29, 1.82) is 0 Å². The Labute approximate surface area is 121 Å². The van der Waals surface area contributed by atoms with Gasteiger partial charge in [0.25, 0.3) is 0 Å². The summed E-state index contributed by atoms with van der Waals surface area (Å²) < 4.78 is 18.4. The molecule has 1 aliphatic rings. The van der Waals surface area contributed by atoms with Crippen molar-refractivity contribution < 1.29 is 23.8 Å². The van der Waals surface area contributed by atoms with Crippen LogP contribution in [-0.4, -0.2) is 56.2 Å². The lowest BCUT2D eigenvalue weighted by atomic mass is 10.2. The fourth-order valence-corrected chi connectivity index (χ4v) is 2.22. The van der Waals surface area contributed by atoms with Crippen LogP contribution in [0.15, 0.2) is 24.3 Å². The van der Waals surface area contributed by atoms with Crippen LogP contribution in [0.4, 0.5) is 10.1 Å². The molecule has 0 atom stereocenters. The van der Waals surface area contributed by atoms with Gasteiger partial charge in [-0.3, -0.25) is 4.79 Å². The smallest absolute Gasteiger partial charge is 0.248 e. The minimum Gasteiger partial charge on any atom is -0.548 e. The molecular weight excluding hydrogens is 279 g/mol. The Morgan fingerprint density at radius 1 is 1.14 bits per heavy atom. The van der Waals surface area contributed by atoms with Crippen molar-refractivity contribution in [2.24, 2.45) is 0 Å². The van der Waals surface area contributed by atoms with Crippen LogP contribution < -0.4 is 10.0 Å². The van der Waals surface area contributed by atoms with Crippen LogP contribution in [0, 0.1) is 5.82 Å². The summed E-state index contributed by atoms with van der Waals surface area (Å²) in [6, 6.07) is 6.51. The number of amides is 1. The quantitative estimate of drug-likeness (QED) is 0.714. The first-order valence-electron chi connectivity index (χ1n) is 6.63. The number of hydrogen-bond acceptors (Lipinski definition) is 5. The highest BCUT2D eigenvalue weighted by molar-refractivity contribution is 5.78. The fraction of sp³-hybridized carbons (Fsp3) is 0.429. The van der Waals surface area contributed by atoms with E-state index >= 15 is 0 Å². The van der Waals surface area contributed by atoms with Crippen LogP contribution in [0.5, 0.6) is 0 Å². The third kappa shape index (κ3) is 4.16. The maximum absolute atomic E-state index is 13.7. The summed E-state index contributed by atoms with van der Waals surface area (Å²) in [6.45, 7) is 1.05. The van der Waals surface area contributed by atoms with Gasteiger partial charge in [0, 0.05) is 26.2 Å². The lowest BCUT2D eigenvalue weighted by Crippen LogP contribution is -2.50. The van der Waals surface area contributed by atoms with Gasteiger partial charge in [-0.05, 0) is 12.1 Å². The van der Waals surface area contributed by atoms with E-state index in [1.807, 2.05) is 4.90 Å². The van der Waals surface area contributed by atoms with Crippen LogP contribution in [0.2, 0.25) is 0 Å². The van der Waals surface area contributed by atoms with Gasteiger partial charge in [-0.2, -0.15) is 0 Å². The molecule has 0 aromatic heterocycles.